The fourth-order valence-corrected chi connectivity index (χ4v) is 1.72. The molecule has 2 aromatic carbocycles. The average molecular weight is 269 g/mol. The van der Waals surface area contributed by atoms with Crippen LogP contribution in [0, 0.1) is 30.2 Å². The highest BCUT2D eigenvalue weighted by Gasteiger charge is 2.11. The number of nitrogens with one attached hydrogen (secondary N) is 1. The van der Waals surface area contributed by atoms with Gasteiger partial charge < -0.3 is 5.32 Å². The molecule has 0 saturated heterocycles. The Bertz CT molecular complexity index is 590. The maximum Gasteiger partial charge on any atom is 0.152 e. The smallest absolute Gasteiger partial charge is 0.152 e. The highest BCUT2D eigenvalue weighted by molar-refractivity contribution is 5.49. The van der Waals surface area contributed by atoms with Crippen molar-refractivity contribution in [1.29, 1.82) is 0 Å². The van der Waals surface area contributed by atoms with Crippen LogP contribution in [0.2, 0.25) is 0 Å². The lowest BCUT2D eigenvalue weighted by Gasteiger charge is -2.10. The number of benzene rings is 2. The van der Waals surface area contributed by atoms with Crippen molar-refractivity contribution in [1.82, 2.24) is 0 Å². The van der Waals surface area contributed by atoms with Gasteiger partial charge in [-0.2, -0.15) is 0 Å². The van der Waals surface area contributed by atoms with E-state index in [1.807, 2.05) is 0 Å². The highest BCUT2D eigenvalue weighted by atomic mass is 19.1. The first-order valence-corrected chi connectivity index (χ1v) is 5.61. The minimum absolute atomic E-state index is 0.0774. The first-order valence-electron chi connectivity index (χ1n) is 5.61. The zero-order valence-electron chi connectivity index (χ0n) is 10.1. The summed E-state index contributed by atoms with van der Waals surface area (Å²) < 4.78 is 53.0. The topological polar surface area (TPSA) is 12.0 Å². The monoisotopic (exact) mass is 269 g/mol. The second-order valence-corrected chi connectivity index (χ2v) is 4.18. The summed E-state index contributed by atoms with van der Waals surface area (Å²) in [6, 6.07) is 5.38. The predicted molar refractivity (Wildman–Crippen MR) is 64.8 cm³/mol. The Morgan fingerprint density at radius 1 is 0.947 bits per heavy atom. The summed E-state index contributed by atoms with van der Waals surface area (Å²) in [5.74, 6) is -2.93. The quantitative estimate of drug-likeness (QED) is 0.825. The van der Waals surface area contributed by atoms with E-state index < -0.39 is 23.3 Å². The molecule has 0 radical (unpaired) electrons. The molecule has 19 heavy (non-hydrogen) atoms. The Morgan fingerprint density at radius 3 is 2.21 bits per heavy atom. The molecule has 0 heterocycles. The number of aryl methyl sites for hydroxylation is 1. The van der Waals surface area contributed by atoms with Gasteiger partial charge in [0.05, 0.1) is 0 Å². The number of rotatable bonds is 3. The molecule has 0 aliphatic heterocycles. The summed E-state index contributed by atoms with van der Waals surface area (Å²) in [5.41, 5.74) is 0.247. The van der Waals surface area contributed by atoms with Crippen molar-refractivity contribution in [2.24, 2.45) is 0 Å². The Morgan fingerprint density at radius 2 is 1.58 bits per heavy atom. The van der Waals surface area contributed by atoms with Gasteiger partial charge >= 0.3 is 0 Å². The third-order valence-corrected chi connectivity index (χ3v) is 2.68. The molecule has 2 aromatic rings. The Hall–Kier alpha value is -2.04. The first-order chi connectivity index (χ1) is 8.97. The zero-order chi connectivity index (χ0) is 14.0. The van der Waals surface area contributed by atoms with E-state index in [1.165, 1.54) is 13.0 Å². The van der Waals surface area contributed by atoms with Crippen LogP contribution < -0.4 is 5.32 Å². The van der Waals surface area contributed by atoms with E-state index in [1.54, 1.807) is 0 Å². The van der Waals surface area contributed by atoms with Crippen molar-refractivity contribution in [3.05, 3.63) is 64.7 Å². The lowest BCUT2D eigenvalue weighted by atomic mass is 10.1. The molecule has 1 nitrogen and oxygen atoms in total. The number of halogens is 4. The van der Waals surface area contributed by atoms with E-state index in [0.29, 0.717) is 0 Å². The van der Waals surface area contributed by atoms with E-state index in [4.69, 9.17) is 0 Å². The Kier molecular flexibility index (Phi) is 3.74. The first kappa shape index (κ1) is 13.4. The summed E-state index contributed by atoms with van der Waals surface area (Å²) >= 11 is 0. The fourth-order valence-electron chi connectivity index (χ4n) is 1.72. The molecule has 0 spiro atoms. The molecule has 0 bridgehead atoms. The molecule has 5 heteroatoms. The zero-order valence-corrected chi connectivity index (χ0v) is 10.1. The molecule has 0 atom stereocenters. The fraction of sp³-hybridized carbons (Fsp3) is 0.143. The molecule has 0 fully saturated rings. The summed E-state index contributed by atoms with van der Waals surface area (Å²) in [6.07, 6.45) is 0. The SMILES string of the molecule is Cc1ccc(F)c(NCc2cc(F)cc(F)c2)c1F. The largest absolute Gasteiger partial charge is 0.376 e. The van der Waals surface area contributed by atoms with Crippen LogP contribution >= 0.6 is 0 Å². The van der Waals surface area contributed by atoms with Gasteiger partial charge in [-0.25, -0.2) is 17.6 Å². The molecule has 0 amide bonds. The van der Waals surface area contributed by atoms with E-state index in [9.17, 15) is 17.6 Å². The van der Waals surface area contributed by atoms with Gasteiger partial charge in [0.1, 0.15) is 23.1 Å². The minimum Gasteiger partial charge on any atom is -0.376 e. The van der Waals surface area contributed by atoms with Crippen molar-refractivity contribution < 1.29 is 17.6 Å². The van der Waals surface area contributed by atoms with Gasteiger partial charge in [-0.3, -0.25) is 0 Å². The van der Waals surface area contributed by atoms with Gasteiger partial charge in [0, 0.05) is 12.6 Å². The summed E-state index contributed by atoms with van der Waals surface area (Å²) in [7, 11) is 0. The van der Waals surface area contributed by atoms with Crippen molar-refractivity contribution in [3.8, 4) is 0 Å². The Balaban J connectivity index is 2.21. The molecular weight excluding hydrogens is 258 g/mol. The van der Waals surface area contributed by atoms with Crippen molar-refractivity contribution >= 4 is 5.69 Å². The molecule has 0 unspecified atom stereocenters. The molecule has 0 aliphatic carbocycles. The highest BCUT2D eigenvalue weighted by Crippen LogP contribution is 2.22. The second kappa shape index (κ2) is 5.30. The third-order valence-electron chi connectivity index (χ3n) is 2.68. The second-order valence-electron chi connectivity index (χ2n) is 4.18. The summed E-state index contributed by atoms with van der Waals surface area (Å²) in [6.45, 7) is 1.42. The Labute approximate surface area is 107 Å². The van der Waals surface area contributed by atoms with Gasteiger partial charge in [0.15, 0.2) is 5.82 Å². The molecule has 0 aromatic heterocycles. The molecule has 2 rings (SSSR count). The van der Waals surface area contributed by atoms with E-state index in [-0.39, 0.29) is 23.4 Å². The van der Waals surface area contributed by atoms with Crippen LogP contribution in [0.1, 0.15) is 11.1 Å². The van der Waals surface area contributed by atoms with Crippen molar-refractivity contribution in [2.45, 2.75) is 13.5 Å². The number of hydrogen-bond acceptors (Lipinski definition) is 1. The molecule has 0 saturated carbocycles. The van der Waals surface area contributed by atoms with Gasteiger partial charge in [0.25, 0.3) is 0 Å². The van der Waals surface area contributed by atoms with Crippen LogP contribution in [0.4, 0.5) is 23.2 Å². The third kappa shape index (κ3) is 3.05. The van der Waals surface area contributed by atoms with Crippen LogP contribution in [0.5, 0.6) is 0 Å². The molecule has 100 valence electrons. The van der Waals surface area contributed by atoms with Crippen LogP contribution in [-0.2, 0) is 6.54 Å². The maximum atomic E-state index is 13.7. The lowest BCUT2D eigenvalue weighted by molar-refractivity contribution is 0.578. The number of anilines is 1. The van der Waals surface area contributed by atoms with E-state index in [0.717, 1.165) is 24.3 Å². The average Bonchev–Trinajstić information content (AvgIpc) is 2.33. The van der Waals surface area contributed by atoms with Crippen molar-refractivity contribution in [3.63, 3.8) is 0 Å². The van der Waals surface area contributed by atoms with Crippen LogP contribution in [0.15, 0.2) is 30.3 Å². The van der Waals surface area contributed by atoms with Gasteiger partial charge in [-0.1, -0.05) is 6.07 Å². The van der Waals surface area contributed by atoms with Crippen molar-refractivity contribution in [2.75, 3.05) is 5.32 Å². The molecule has 0 aliphatic rings. The predicted octanol–water partition coefficient (Wildman–Crippen LogP) is 4.16. The van der Waals surface area contributed by atoms with Gasteiger partial charge in [0.2, 0.25) is 0 Å². The maximum absolute atomic E-state index is 13.7. The summed E-state index contributed by atoms with van der Waals surface area (Å²) in [4.78, 5) is 0. The molecular formula is C14H11F4N. The van der Waals surface area contributed by atoms with Gasteiger partial charge in [-0.15, -0.1) is 0 Å². The minimum atomic E-state index is -0.750. The lowest BCUT2D eigenvalue weighted by Crippen LogP contribution is -2.05. The number of hydrogen-bond donors (Lipinski definition) is 1. The molecule has 1 N–H and O–H groups in total. The van der Waals surface area contributed by atoms with Gasteiger partial charge in [-0.05, 0) is 36.2 Å². The van der Waals surface area contributed by atoms with Crippen LogP contribution in [-0.4, -0.2) is 0 Å². The van der Waals surface area contributed by atoms with E-state index >= 15 is 0 Å². The summed E-state index contributed by atoms with van der Waals surface area (Å²) in [5, 5.41) is 2.51. The van der Waals surface area contributed by atoms with E-state index in [2.05, 4.69) is 5.32 Å². The standard InChI is InChI=1S/C14H11F4N/c1-8-2-3-12(17)14(13(8)18)19-7-9-4-10(15)6-11(16)5-9/h2-6,19H,7H2,1H3. The van der Waals surface area contributed by atoms with Crippen LogP contribution in [0.3, 0.4) is 0 Å². The normalized spacial score (nSPS) is 10.6. The van der Waals surface area contributed by atoms with Crippen LogP contribution in [0.25, 0.3) is 0 Å².